The Bertz CT molecular complexity index is 1590. The summed E-state index contributed by atoms with van der Waals surface area (Å²) in [5.74, 6) is -7.65. The first-order valence-electron chi connectivity index (χ1n) is 11.3. The highest BCUT2D eigenvalue weighted by atomic mass is 35.5. The maximum Gasteiger partial charge on any atom is 0.282 e. The number of ketones is 1. The number of nitrogens with zero attached hydrogens (tertiary/aromatic N) is 3. The predicted molar refractivity (Wildman–Crippen MR) is 154 cm³/mol. The molecule has 4 atom stereocenters. The SMILES string of the molecule is O=C(CN(C(=O)c1ccccc1[N+](=O)[O-])N1C(=O)[C@@H]2[C@@H](C1=O)[C@@]1(Cl)C(Cl)=C(Cl)[C@@]2(Cl)C1(Cl)Cl)c1ccc(Cl)cc1Cl. The molecule has 1 saturated carbocycles. The number of alkyl halides is 4. The van der Waals surface area contributed by atoms with Gasteiger partial charge in [0.1, 0.15) is 21.9 Å². The number of rotatable bonds is 6. The summed E-state index contributed by atoms with van der Waals surface area (Å²) >= 11 is 51.2. The number of amides is 3. The number of nitro groups is 1. The van der Waals surface area contributed by atoms with Gasteiger partial charge in [0, 0.05) is 16.7 Å². The van der Waals surface area contributed by atoms with Gasteiger partial charge in [0.05, 0.1) is 31.8 Å². The molecular weight excluding hydrogens is 710 g/mol. The number of benzene rings is 2. The van der Waals surface area contributed by atoms with Gasteiger partial charge < -0.3 is 0 Å². The quantitative estimate of drug-likeness (QED) is 0.109. The fourth-order valence-electron chi connectivity index (χ4n) is 5.34. The molecule has 1 aliphatic heterocycles. The van der Waals surface area contributed by atoms with Gasteiger partial charge in [0.25, 0.3) is 23.4 Å². The van der Waals surface area contributed by atoms with Crippen molar-refractivity contribution in [3.63, 3.8) is 0 Å². The van der Waals surface area contributed by atoms with E-state index in [4.69, 9.17) is 92.8 Å². The second kappa shape index (κ2) is 10.1. The molecule has 0 unspecified atom stereocenters. The van der Waals surface area contributed by atoms with Crippen molar-refractivity contribution >= 4 is 122 Å². The van der Waals surface area contributed by atoms with Crippen LogP contribution in [0.5, 0.6) is 0 Å². The molecule has 2 aromatic rings. The first-order valence-corrected chi connectivity index (χ1v) is 14.3. The average molecular weight is 721 g/mol. The van der Waals surface area contributed by atoms with Gasteiger partial charge in [-0.05, 0) is 24.3 Å². The van der Waals surface area contributed by atoms with Gasteiger partial charge in [0.15, 0.2) is 10.1 Å². The lowest BCUT2D eigenvalue weighted by molar-refractivity contribution is -0.385. The van der Waals surface area contributed by atoms with Crippen LogP contribution >= 0.6 is 92.8 Å². The second-order valence-corrected chi connectivity index (χ2v) is 13.4. The Morgan fingerprint density at radius 3 is 1.93 bits per heavy atom. The van der Waals surface area contributed by atoms with Crippen LogP contribution in [0.1, 0.15) is 20.7 Å². The number of halogens is 8. The first-order chi connectivity index (χ1) is 19.0. The second-order valence-electron chi connectivity index (χ2n) is 9.25. The normalized spacial score (nSPS) is 27.9. The number of carbonyl (C=O) groups excluding carboxylic acids is 4. The van der Waals surface area contributed by atoms with Gasteiger partial charge >= 0.3 is 0 Å². The topological polar surface area (TPSA) is 118 Å². The molecule has 214 valence electrons. The summed E-state index contributed by atoms with van der Waals surface area (Å²) in [5, 5.41) is 11.9. The van der Waals surface area contributed by atoms with Crippen LogP contribution in [0, 0.1) is 22.0 Å². The molecule has 9 nitrogen and oxygen atoms in total. The minimum Gasteiger partial charge on any atom is -0.292 e. The van der Waals surface area contributed by atoms with Crippen molar-refractivity contribution < 1.29 is 24.1 Å². The molecule has 3 aliphatic rings. The molecule has 1 heterocycles. The van der Waals surface area contributed by atoms with Crippen LogP contribution in [0.25, 0.3) is 0 Å². The minimum absolute atomic E-state index is 0.0918. The average Bonchev–Trinajstić information content (AvgIpc) is 3.29. The van der Waals surface area contributed by atoms with Crippen LogP contribution in [0.2, 0.25) is 10.0 Å². The number of imide groups is 1. The lowest BCUT2D eigenvalue weighted by atomic mass is 9.84. The highest BCUT2D eigenvalue weighted by Gasteiger charge is 2.88. The molecule has 2 aliphatic carbocycles. The van der Waals surface area contributed by atoms with Gasteiger partial charge in [-0.1, -0.05) is 81.7 Å². The molecule has 2 bridgehead atoms. The number of allylic oxidation sites excluding steroid dienone is 2. The van der Waals surface area contributed by atoms with Crippen molar-refractivity contribution in [2.24, 2.45) is 11.8 Å². The molecule has 3 amide bonds. The third-order valence-electron chi connectivity index (χ3n) is 7.22. The Morgan fingerprint density at radius 1 is 0.878 bits per heavy atom. The summed E-state index contributed by atoms with van der Waals surface area (Å²) in [5.41, 5.74) is -1.31. The maximum atomic E-state index is 13.9. The van der Waals surface area contributed by atoms with Gasteiger partial charge in [-0.3, -0.25) is 29.3 Å². The molecule has 41 heavy (non-hydrogen) atoms. The molecule has 2 fully saturated rings. The number of para-hydroxylation sites is 1. The van der Waals surface area contributed by atoms with Gasteiger partial charge in [-0.15, -0.1) is 23.2 Å². The van der Waals surface area contributed by atoms with Crippen LogP contribution < -0.4 is 0 Å². The van der Waals surface area contributed by atoms with Crippen molar-refractivity contribution in [3.8, 4) is 0 Å². The number of nitro benzene ring substituents is 1. The largest absolute Gasteiger partial charge is 0.292 e. The van der Waals surface area contributed by atoms with E-state index in [0.29, 0.717) is 10.0 Å². The van der Waals surface area contributed by atoms with Crippen molar-refractivity contribution in [2.45, 2.75) is 14.1 Å². The molecule has 0 radical (unpaired) electrons. The fourth-order valence-corrected chi connectivity index (χ4v) is 8.78. The van der Waals surface area contributed by atoms with E-state index in [-0.39, 0.29) is 25.7 Å². The van der Waals surface area contributed by atoms with E-state index in [1.807, 2.05) is 0 Å². The number of hydrazine groups is 1. The van der Waals surface area contributed by atoms with Gasteiger partial charge in [-0.25, -0.2) is 5.01 Å². The molecular formula is C24H11Cl8N3O6. The smallest absolute Gasteiger partial charge is 0.282 e. The summed E-state index contributed by atoms with van der Waals surface area (Å²) in [6.07, 6.45) is 0. The van der Waals surface area contributed by atoms with E-state index in [1.54, 1.807) is 0 Å². The lowest BCUT2D eigenvalue weighted by Gasteiger charge is -2.36. The Kier molecular flexibility index (Phi) is 7.57. The van der Waals surface area contributed by atoms with Crippen molar-refractivity contribution in [3.05, 3.63) is 83.8 Å². The first kappa shape index (κ1) is 30.6. The summed E-state index contributed by atoms with van der Waals surface area (Å²) in [6.45, 7) is -0.977. The standard InChI is InChI=1S/C24H11Cl8N3O6/c25-9-5-6-10(12(26)7-9)14(36)8-33(19(37)11-3-1-2-4-13(11)35(40)41)34-20(38)15-16(21(34)39)23(30)18(28)17(27)22(15,29)24(23,31)32/h1-7,15-16H,8H2/t15-,16-,22+,23+/m0/s1. The van der Waals surface area contributed by atoms with Crippen molar-refractivity contribution in [1.82, 2.24) is 10.0 Å². The molecule has 0 aromatic heterocycles. The van der Waals surface area contributed by atoms with Crippen molar-refractivity contribution in [2.75, 3.05) is 6.54 Å². The molecule has 2 aromatic carbocycles. The zero-order valence-electron chi connectivity index (χ0n) is 19.7. The van der Waals surface area contributed by atoms with E-state index >= 15 is 0 Å². The van der Waals surface area contributed by atoms with E-state index in [2.05, 4.69) is 0 Å². The maximum absolute atomic E-state index is 13.9. The van der Waals surface area contributed by atoms with Crippen LogP contribution in [0.4, 0.5) is 5.69 Å². The Morgan fingerprint density at radius 2 is 1.41 bits per heavy atom. The van der Waals surface area contributed by atoms with E-state index < -0.39 is 72.1 Å². The van der Waals surface area contributed by atoms with E-state index in [0.717, 1.165) is 12.1 Å². The Labute approximate surface area is 270 Å². The molecule has 0 N–H and O–H groups in total. The zero-order valence-corrected chi connectivity index (χ0v) is 25.8. The molecule has 1 saturated heterocycles. The predicted octanol–water partition coefficient (Wildman–Crippen LogP) is 6.59. The summed E-state index contributed by atoms with van der Waals surface area (Å²) in [6, 6.07) is 8.63. The molecule has 5 rings (SSSR count). The monoisotopic (exact) mass is 717 g/mol. The van der Waals surface area contributed by atoms with Crippen LogP contribution in [-0.4, -0.2) is 59.1 Å². The molecule has 17 heteroatoms. The zero-order chi connectivity index (χ0) is 30.4. The summed E-state index contributed by atoms with van der Waals surface area (Å²) in [4.78, 5) is 61.6. The van der Waals surface area contributed by atoms with E-state index in [9.17, 15) is 29.3 Å². The van der Waals surface area contributed by atoms with Gasteiger partial charge in [0.2, 0.25) is 0 Å². The van der Waals surface area contributed by atoms with Crippen LogP contribution in [0.3, 0.4) is 0 Å². The number of carbonyl (C=O) groups is 4. The Balaban J connectivity index is 1.64. The number of hydrogen-bond donors (Lipinski definition) is 0. The summed E-state index contributed by atoms with van der Waals surface area (Å²) < 4.78 is -2.25. The highest BCUT2D eigenvalue weighted by Crippen LogP contribution is 2.77. The van der Waals surface area contributed by atoms with E-state index in [1.165, 1.54) is 30.3 Å². The number of Topliss-reactive ketones (excluding diaryl/α,β-unsaturated/α-hetero) is 1. The minimum atomic E-state index is -2.25. The molecule has 0 spiro atoms. The van der Waals surface area contributed by atoms with Gasteiger partial charge in [-0.2, -0.15) is 5.01 Å². The van der Waals surface area contributed by atoms with Crippen molar-refractivity contribution in [1.29, 1.82) is 0 Å². The Hall–Kier alpha value is -1.82. The summed E-state index contributed by atoms with van der Waals surface area (Å²) in [7, 11) is 0. The number of hydrogen-bond acceptors (Lipinski definition) is 6. The van der Waals surface area contributed by atoms with Crippen LogP contribution in [0.15, 0.2) is 52.5 Å². The third-order valence-corrected chi connectivity index (χ3v) is 12.0. The fraction of sp³-hybridized carbons (Fsp3) is 0.250. The van der Waals surface area contributed by atoms with Crippen LogP contribution in [-0.2, 0) is 9.59 Å². The highest BCUT2D eigenvalue weighted by molar-refractivity contribution is 6.66. The third kappa shape index (κ3) is 3.97. The number of fused-ring (bicyclic) bond motifs is 5. The lowest BCUT2D eigenvalue weighted by Crippen LogP contribution is -2.56.